The van der Waals surface area contributed by atoms with Gasteiger partial charge in [0.15, 0.2) is 11.5 Å². The smallest absolute Gasteiger partial charge is 0.287 e. The second kappa shape index (κ2) is 9.57. The number of benzene rings is 3. The maximum atomic E-state index is 10.7. The number of hydrogen-bond acceptors (Lipinski definition) is 7. The number of para-hydroxylation sites is 1. The summed E-state index contributed by atoms with van der Waals surface area (Å²) in [5, 5.41) is 17.2. The van der Waals surface area contributed by atoms with Gasteiger partial charge in [-0.1, -0.05) is 48.5 Å². The lowest BCUT2D eigenvalue weighted by molar-refractivity contribution is -0.385. The van der Waals surface area contributed by atoms with E-state index in [1.807, 2.05) is 42.5 Å². The largest absolute Gasteiger partial charge is 0.493 e. The molecule has 0 spiro atoms. The van der Waals surface area contributed by atoms with E-state index >= 15 is 0 Å². The van der Waals surface area contributed by atoms with Gasteiger partial charge in [-0.3, -0.25) is 15.5 Å². The van der Waals surface area contributed by atoms with Gasteiger partial charge in [-0.05, 0) is 34.5 Å². The first-order valence-electron chi connectivity index (χ1n) is 9.81. The monoisotopic (exact) mass is 428 g/mol. The number of hydrogen-bond donors (Lipinski definition) is 1. The molecule has 0 fully saturated rings. The minimum Gasteiger partial charge on any atom is -0.493 e. The molecule has 0 aliphatic carbocycles. The van der Waals surface area contributed by atoms with Crippen molar-refractivity contribution in [3.05, 3.63) is 100 Å². The maximum absolute atomic E-state index is 10.7. The summed E-state index contributed by atoms with van der Waals surface area (Å²) in [6.07, 6.45) is 2.76. The Balaban J connectivity index is 1.53. The third kappa shape index (κ3) is 4.65. The van der Waals surface area contributed by atoms with E-state index in [2.05, 4.69) is 33.7 Å². The average Bonchev–Trinajstić information content (AvgIpc) is 2.83. The molecule has 0 radical (unpaired) electrons. The van der Waals surface area contributed by atoms with Crippen LogP contribution in [0.1, 0.15) is 11.1 Å². The number of methoxy groups -OCH3 is 1. The topological polar surface area (TPSA) is 98.9 Å². The first-order chi connectivity index (χ1) is 15.7. The van der Waals surface area contributed by atoms with E-state index in [1.54, 1.807) is 13.3 Å². The summed E-state index contributed by atoms with van der Waals surface area (Å²) < 4.78 is 11.6. The molecule has 0 saturated carbocycles. The first-order valence-corrected chi connectivity index (χ1v) is 9.81. The number of fused-ring (bicyclic) bond motifs is 1. The number of pyridine rings is 1. The minimum absolute atomic E-state index is 0.0866. The molecule has 1 aromatic heterocycles. The Labute approximate surface area is 184 Å². The molecular weight excluding hydrogens is 408 g/mol. The fourth-order valence-corrected chi connectivity index (χ4v) is 3.25. The normalized spacial score (nSPS) is 10.9. The summed E-state index contributed by atoms with van der Waals surface area (Å²) in [6.45, 7) is 0.361. The molecule has 0 unspecified atom stereocenters. The Morgan fingerprint density at radius 3 is 2.66 bits per heavy atom. The predicted molar refractivity (Wildman–Crippen MR) is 123 cm³/mol. The van der Waals surface area contributed by atoms with Gasteiger partial charge >= 0.3 is 0 Å². The van der Waals surface area contributed by atoms with Gasteiger partial charge in [0.1, 0.15) is 18.6 Å². The molecule has 3 aromatic carbocycles. The molecule has 0 amide bonds. The fourth-order valence-electron chi connectivity index (χ4n) is 3.25. The van der Waals surface area contributed by atoms with Crippen molar-refractivity contribution in [3.63, 3.8) is 0 Å². The zero-order valence-corrected chi connectivity index (χ0v) is 17.3. The summed E-state index contributed by atoms with van der Waals surface area (Å²) in [5.74, 6) is 1.53. The SMILES string of the molecule is COc1cccc(/C=N\Nc2ccc([N+](=O)[O-])cn2)c1OCc1cccc2ccccc12. The zero-order valence-electron chi connectivity index (χ0n) is 17.3. The van der Waals surface area contributed by atoms with E-state index in [-0.39, 0.29) is 5.69 Å². The predicted octanol–water partition coefficient (Wildman–Crippen LogP) is 5.18. The molecule has 0 aliphatic heterocycles. The Morgan fingerprint density at radius 1 is 1.06 bits per heavy atom. The quantitative estimate of drug-likeness (QED) is 0.236. The van der Waals surface area contributed by atoms with Crippen molar-refractivity contribution in [2.75, 3.05) is 12.5 Å². The zero-order chi connectivity index (χ0) is 22.3. The highest BCUT2D eigenvalue weighted by molar-refractivity contribution is 5.86. The molecule has 0 aliphatic rings. The number of nitrogens with one attached hydrogen (secondary N) is 1. The number of ether oxygens (including phenoxy) is 2. The van der Waals surface area contributed by atoms with E-state index < -0.39 is 4.92 Å². The van der Waals surface area contributed by atoms with Crippen LogP contribution in [0.3, 0.4) is 0 Å². The highest BCUT2D eigenvalue weighted by Gasteiger charge is 2.11. The molecule has 8 heteroatoms. The first kappa shape index (κ1) is 20.8. The number of rotatable bonds is 8. The number of hydrazone groups is 1. The van der Waals surface area contributed by atoms with Gasteiger partial charge in [-0.2, -0.15) is 5.10 Å². The van der Waals surface area contributed by atoms with E-state index in [9.17, 15) is 10.1 Å². The minimum atomic E-state index is -0.504. The average molecular weight is 428 g/mol. The molecular formula is C24H20N4O4. The summed E-state index contributed by atoms with van der Waals surface area (Å²) >= 11 is 0. The van der Waals surface area contributed by atoms with E-state index in [0.717, 1.165) is 16.3 Å². The van der Waals surface area contributed by atoms with Crippen molar-refractivity contribution < 1.29 is 14.4 Å². The Bertz CT molecular complexity index is 1270. The van der Waals surface area contributed by atoms with Gasteiger partial charge in [-0.15, -0.1) is 0 Å². The van der Waals surface area contributed by atoms with Crippen LogP contribution in [0.4, 0.5) is 11.5 Å². The van der Waals surface area contributed by atoms with Crippen LogP contribution in [-0.4, -0.2) is 23.2 Å². The highest BCUT2D eigenvalue weighted by Crippen LogP contribution is 2.31. The molecule has 0 bridgehead atoms. The molecule has 4 rings (SSSR count). The van der Waals surface area contributed by atoms with Crippen LogP contribution in [-0.2, 0) is 6.61 Å². The van der Waals surface area contributed by atoms with Crippen LogP contribution >= 0.6 is 0 Å². The summed E-state index contributed by atoms with van der Waals surface area (Å²) in [4.78, 5) is 14.2. The van der Waals surface area contributed by atoms with E-state index in [1.165, 1.54) is 18.3 Å². The maximum Gasteiger partial charge on any atom is 0.287 e. The second-order valence-electron chi connectivity index (χ2n) is 6.83. The highest BCUT2D eigenvalue weighted by atomic mass is 16.6. The Hall–Kier alpha value is -4.46. The van der Waals surface area contributed by atoms with Gasteiger partial charge in [0.25, 0.3) is 5.69 Å². The van der Waals surface area contributed by atoms with Crippen LogP contribution in [0.15, 0.2) is 84.1 Å². The molecule has 1 N–H and O–H groups in total. The Kier molecular flexibility index (Phi) is 6.22. The lowest BCUT2D eigenvalue weighted by Gasteiger charge is -2.14. The second-order valence-corrected chi connectivity index (χ2v) is 6.83. The number of nitro groups is 1. The van der Waals surface area contributed by atoms with Crippen LogP contribution in [0, 0.1) is 10.1 Å². The third-order valence-corrected chi connectivity index (χ3v) is 4.82. The number of anilines is 1. The van der Waals surface area contributed by atoms with Crippen LogP contribution in [0.25, 0.3) is 10.8 Å². The standard InChI is InChI=1S/C24H20N4O4/c1-31-22-11-5-8-18(14-26-27-23-13-12-20(15-25-23)28(29)30)24(22)32-16-19-9-4-7-17-6-2-3-10-21(17)19/h2-15H,16H2,1H3,(H,25,27)/b26-14-. The fraction of sp³-hybridized carbons (Fsp3) is 0.0833. The molecule has 0 saturated heterocycles. The van der Waals surface area contributed by atoms with Crippen molar-refractivity contribution in [1.29, 1.82) is 0 Å². The van der Waals surface area contributed by atoms with Crippen molar-refractivity contribution in [2.24, 2.45) is 5.10 Å². The Morgan fingerprint density at radius 2 is 1.88 bits per heavy atom. The van der Waals surface area contributed by atoms with Gasteiger partial charge < -0.3 is 9.47 Å². The van der Waals surface area contributed by atoms with Crippen LogP contribution in [0.5, 0.6) is 11.5 Å². The van der Waals surface area contributed by atoms with Gasteiger partial charge in [-0.25, -0.2) is 4.98 Å². The van der Waals surface area contributed by atoms with Gasteiger partial charge in [0.2, 0.25) is 0 Å². The van der Waals surface area contributed by atoms with Crippen LogP contribution < -0.4 is 14.9 Å². The van der Waals surface area contributed by atoms with Gasteiger partial charge in [0, 0.05) is 11.6 Å². The molecule has 160 valence electrons. The van der Waals surface area contributed by atoms with E-state index in [0.29, 0.717) is 29.5 Å². The molecule has 1 heterocycles. The summed E-state index contributed by atoms with van der Waals surface area (Å²) in [5.41, 5.74) is 4.44. The van der Waals surface area contributed by atoms with Crippen LogP contribution in [0.2, 0.25) is 0 Å². The van der Waals surface area contributed by atoms with Crippen molar-refractivity contribution >= 4 is 28.5 Å². The van der Waals surface area contributed by atoms with E-state index in [4.69, 9.17) is 9.47 Å². The van der Waals surface area contributed by atoms with Crippen molar-refractivity contribution in [1.82, 2.24) is 4.98 Å². The lowest BCUT2D eigenvalue weighted by Crippen LogP contribution is -2.02. The van der Waals surface area contributed by atoms with Crippen molar-refractivity contribution in [3.8, 4) is 11.5 Å². The van der Waals surface area contributed by atoms with Crippen molar-refractivity contribution in [2.45, 2.75) is 6.61 Å². The lowest BCUT2D eigenvalue weighted by atomic mass is 10.1. The summed E-state index contributed by atoms with van der Waals surface area (Å²) in [6, 6.07) is 22.6. The summed E-state index contributed by atoms with van der Waals surface area (Å²) in [7, 11) is 1.58. The molecule has 0 atom stereocenters. The molecule has 4 aromatic rings. The van der Waals surface area contributed by atoms with Gasteiger partial charge in [0.05, 0.1) is 18.2 Å². The third-order valence-electron chi connectivity index (χ3n) is 4.82. The number of aromatic nitrogens is 1. The molecule has 8 nitrogen and oxygen atoms in total. The molecule has 32 heavy (non-hydrogen) atoms. The number of nitrogens with zero attached hydrogens (tertiary/aromatic N) is 3.